The molecule has 2 aliphatic rings. The summed E-state index contributed by atoms with van der Waals surface area (Å²) in [6.45, 7) is 2.08. The molecule has 1 saturated carbocycles. The summed E-state index contributed by atoms with van der Waals surface area (Å²) in [5, 5.41) is 0. The highest BCUT2D eigenvalue weighted by molar-refractivity contribution is 6.22. The number of hydrogen-bond acceptors (Lipinski definition) is 4. The van der Waals surface area contributed by atoms with Crippen molar-refractivity contribution in [2.45, 2.75) is 26.2 Å². The summed E-state index contributed by atoms with van der Waals surface area (Å²) in [6, 6.07) is 15.8. The van der Waals surface area contributed by atoms with Crippen LogP contribution in [0.5, 0.6) is 5.75 Å². The predicted molar refractivity (Wildman–Crippen MR) is 105 cm³/mol. The molecule has 2 aromatic carbocycles. The Morgan fingerprint density at radius 3 is 2.36 bits per heavy atom. The molecule has 4 rings (SSSR count). The minimum Gasteiger partial charge on any atom is -0.485 e. The van der Waals surface area contributed by atoms with E-state index in [2.05, 4.69) is 6.92 Å². The maximum atomic E-state index is 12.8. The molecular formula is C23H23NO4. The normalized spacial score (nSPS) is 24.2. The monoisotopic (exact) mass is 377 g/mol. The van der Waals surface area contributed by atoms with Gasteiger partial charge in [0.25, 0.3) is 0 Å². The SMILES string of the molecule is C[C@@H]1CC[C@@H]2C(=O)N(c3ccc(OCC(=O)c4ccccc4)cc3)C(=O)[C@H]2C1. The standard InChI is InChI=1S/C23H23NO4/c1-15-7-12-19-20(13-15)23(27)24(22(19)26)17-8-10-18(11-9-17)28-14-21(25)16-5-3-2-4-6-16/h2-6,8-11,15,19-20H,7,12-14H2,1H3/t15-,19+,20+/m1/s1. The van der Waals surface area contributed by atoms with Gasteiger partial charge in [-0.15, -0.1) is 0 Å². The van der Waals surface area contributed by atoms with Crippen LogP contribution in [0.4, 0.5) is 5.69 Å². The molecule has 0 aromatic heterocycles. The molecule has 5 heteroatoms. The van der Waals surface area contributed by atoms with Crippen molar-refractivity contribution < 1.29 is 19.1 Å². The van der Waals surface area contributed by atoms with E-state index in [1.165, 1.54) is 4.90 Å². The Balaban J connectivity index is 1.43. The van der Waals surface area contributed by atoms with E-state index in [1.807, 2.05) is 18.2 Å². The number of hydrogen-bond donors (Lipinski definition) is 0. The maximum absolute atomic E-state index is 12.8. The first-order valence-electron chi connectivity index (χ1n) is 9.73. The predicted octanol–water partition coefficient (Wildman–Crippen LogP) is 3.87. The van der Waals surface area contributed by atoms with Gasteiger partial charge >= 0.3 is 0 Å². The molecule has 2 amide bonds. The summed E-state index contributed by atoms with van der Waals surface area (Å²) < 4.78 is 5.56. The lowest BCUT2D eigenvalue weighted by molar-refractivity contribution is -0.122. The molecule has 144 valence electrons. The number of fused-ring (bicyclic) bond motifs is 1. The van der Waals surface area contributed by atoms with Gasteiger partial charge in [-0.25, -0.2) is 0 Å². The van der Waals surface area contributed by atoms with Gasteiger partial charge in [0.05, 0.1) is 17.5 Å². The molecule has 3 atom stereocenters. The van der Waals surface area contributed by atoms with Gasteiger partial charge in [0.15, 0.2) is 12.4 Å². The van der Waals surface area contributed by atoms with Crippen LogP contribution < -0.4 is 9.64 Å². The minimum absolute atomic E-state index is 0.0625. The Labute approximate surface area is 164 Å². The molecular weight excluding hydrogens is 354 g/mol. The van der Waals surface area contributed by atoms with Crippen LogP contribution in [0.1, 0.15) is 36.5 Å². The zero-order valence-electron chi connectivity index (χ0n) is 15.8. The van der Waals surface area contributed by atoms with Crippen LogP contribution in [0.25, 0.3) is 0 Å². The quantitative estimate of drug-likeness (QED) is 0.586. The first-order valence-corrected chi connectivity index (χ1v) is 9.73. The van der Waals surface area contributed by atoms with Crippen molar-refractivity contribution in [3.63, 3.8) is 0 Å². The number of amides is 2. The third-order valence-corrected chi connectivity index (χ3v) is 5.75. The van der Waals surface area contributed by atoms with Gasteiger partial charge < -0.3 is 4.74 Å². The van der Waals surface area contributed by atoms with E-state index in [0.717, 1.165) is 19.3 Å². The number of ketones is 1. The summed E-state index contributed by atoms with van der Waals surface area (Å²) in [7, 11) is 0. The third-order valence-electron chi connectivity index (χ3n) is 5.75. The molecule has 28 heavy (non-hydrogen) atoms. The van der Waals surface area contributed by atoms with Gasteiger partial charge in [-0.05, 0) is 49.4 Å². The number of nitrogens with zero attached hydrogens (tertiary/aromatic N) is 1. The van der Waals surface area contributed by atoms with Crippen LogP contribution in [-0.4, -0.2) is 24.2 Å². The van der Waals surface area contributed by atoms with Crippen molar-refractivity contribution in [3.8, 4) is 5.75 Å². The average molecular weight is 377 g/mol. The second-order valence-electron chi connectivity index (χ2n) is 7.71. The molecule has 0 spiro atoms. The molecule has 0 radical (unpaired) electrons. The number of benzene rings is 2. The van der Waals surface area contributed by atoms with Gasteiger partial charge in [-0.1, -0.05) is 37.3 Å². The molecule has 2 aromatic rings. The van der Waals surface area contributed by atoms with Crippen molar-refractivity contribution in [1.29, 1.82) is 0 Å². The van der Waals surface area contributed by atoms with Crippen molar-refractivity contribution in [2.24, 2.45) is 17.8 Å². The second kappa shape index (κ2) is 7.58. The fourth-order valence-corrected chi connectivity index (χ4v) is 4.19. The Morgan fingerprint density at radius 1 is 0.964 bits per heavy atom. The smallest absolute Gasteiger partial charge is 0.237 e. The van der Waals surface area contributed by atoms with Gasteiger partial charge in [0.2, 0.25) is 11.8 Å². The summed E-state index contributed by atoms with van der Waals surface area (Å²) >= 11 is 0. The van der Waals surface area contributed by atoms with E-state index in [0.29, 0.717) is 22.9 Å². The van der Waals surface area contributed by atoms with Gasteiger partial charge in [0.1, 0.15) is 5.75 Å². The second-order valence-corrected chi connectivity index (χ2v) is 7.71. The molecule has 5 nitrogen and oxygen atoms in total. The van der Waals surface area contributed by atoms with Crippen LogP contribution in [0.15, 0.2) is 54.6 Å². The fraction of sp³-hybridized carbons (Fsp3) is 0.348. The average Bonchev–Trinajstić information content (AvgIpc) is 2.97. The number of Topliss-reactive ketones (excluding diaryl/α,β-unsaturated/α-hetero) is 1. The summed E-state index contributed by atoms with van der Waals surface area (Å²) in [5.74, 6) is 0.366. The lowest BCUT2D eigenvalue weighted by Gasteiger charge is -2.25. The van der Waals surface area contributed by atoms with Crippen LogP contribution >= 0.6 is 0 Å². The molecule has 1 aliphatic heterocycles. The number of carbonyl (C=O) groups is 3. The van der Waals surface area contributed by atoms with E-state index in [9.17, 15) is 14.4 Å². The number of rotatable bonds is 5. The third kappa shape index (κ3) is 3.44. The van der Waals surface area contributed by atoms with Crippen molar-refractivity contribution in [1.82, 2.24) is 0 Å². The Kier molecular flexibility index (Phi) is 4.99. The Bertz CT molecular complexity index is 891. The molecule has 0 bridgehead atoms. The first-order chi connectivity index (χ1) is 13.5. The van der Waals surface area contributed by atoms with Crippen LogP contribution in [0.2, 0.25) is 0 Å². The summed E-state index contributed by atoms with van der Waals surface area (Å²) in [4.78, 5) is 39.0. The molecule has 1 aliphatic carbocycles. The summed E-state index contributed by atoms with van der Waals surface area (Å²) in [5.41, 5.74) is 1.17. The van der Waals surface area contributed by atoms with Gasteiger partial charge in [-0.2, -0.15) is 0 Å². The van der Waals surface area contributed by atoms with E-state index in [4.69, 9.17) is 4.74 Å². The largest absolute Gasteiger partial charge is 0.485 e. The molecule has 1 heterocycles. The van der Waals surface area contributed by atoms with Crippen molar-refractivity contribution in [3.05, 3.63) is 60.2 Å². The zero-order valence-corrected chi connectivity index (χ0v) is 15.8. The highest BCUT2D eigenvalue weighted by Gasteiger charge is 2.49. The number of anilines is 1. The topological polar surface area (TPSA) is 63.7 Å². The lowest BCUT2D eigenvalue weighted by atomic mass is 9.76. The fourth-order valence-electron chi connectivity index (χ4n) is 4.19. The zero-order chi connectivity index (χ0) is 19.7. The highest BCUT2D eigenvalue weighted by atomic mass is 16.5. The highest BCUT2D eigenvalue weighted by Crippen LogP contribution is 2.42. The molecule has 0 unspecified atom stereocenters. The first kappa shape index (κ1) is 18.4. The van der Waals surface area contributed by atoms with E-state index >= 15 is 0 Å². The molecule has 2 fully saturated rings. The summed E-state index contributed by atoms with van der Waals surface area (Å²) in [6.07, 6.45) is 2.57. The van der Waals surface area contributed by atoms with Crippen LogP contribution in [-0.2, 0) is 9.59 Å². The van der Waals surface area contributed by atoms with Gasteiger partial charge in [-0.3, -0.25) is 19.3 Å². The van der Waals surface area contributed by atoms with Crippen LogP contribution in [0.3, 0.4) is 0 Å². The van der Waals surface area contributed by atoms with Gasteiger partial charge in [0, 0.05) is 5.56 Å². The maximum Gasteiger partial charge on any atom is 0.237 e. The molecule has 1 saturated heterocycles. The number of imide groups is 1. The van der Waals surface area contributed by atoms with E-state index in [1.54, 1.807) is 36.4 Å². The number of ether oxygens (including phenoxy) is 1. The van der Waals surface area contributed by atoms with Crippen molar-refractivity contribution >= 4 is 23.3 Å². The van der Waals surface area contributed by atoms with Crippen LogP contribution in [0, 0.1) is 17.8 Å². The number of carbonyl (C=O) groups excluding carboxylic acids is 3. The van der Waals surface area contributed by atoms with E-state index < -0.39 is 0 Å². The lowest BCUT2D eigenvalue weighted by Crippen LogP contribution is -2.30. The minimum atomic E-state index is -0.185. The Hall–Kier alpha value is -2.95. The van der Waals surface area contributed by atoms with Crippen molar-refractivity contribution in [2.75, 3.05) is 11.5 Å². The van der Waals surface area contributed by atoms with E-state index in [-0.39, 0.29) is 36.0 Å². The molecule has 0 N–H and O–H groups in total. The Morgan fingerprint density at radius 2 is 1.64 bits per heavy atom.